The average Bonchev–Trinajstić information content (AvgIpc) is 3.07. The van der Waals surface area contributed by atoms with Gasteiger partial charge in [0.1, 0.15) is 0 Å². The maximum absolute atomic E-state index is 6.26. The third-order valence-corrected chi connectivity index (χ3v) is 5.03. The van der Waals surface area contributed by atoms with E-state index in [0.717, 1.165) is 24.3 Å². The predicted molar refractivity (Wildman–Crippen MR) is 78.5 cm³/mol. The fraction of sp³-hybridized carbons (Fsp3) is 1.00. The highest BCUT2D eigenvalue weighted by Crippen LogP contribution is 2.42. The molecule has 2 saturated carbocycles. The molecular formula is C16H32N2. The fourth-order valence-corrected chi connectivity index (χ4v) is 4.28. The lowest BCUT2D eigenvalue weighted by Gasteiger charge is -2.51. The normalized spacial score (nSPS) is 37.5. The zero-order chi connectivity index (χ0) is 13.3. The molecule has 106 valence electrons. The molecule has 2 aliphatic carbocycles. The third-order valence-electron chi connectivity index (χ3n) is 5.03. The van der Waals surface area contributed by atoms with E-state index in [1.54, 1.807) is 0 Å². The van der Waals surface area contributed by atoms with Gasteiger partial charge in [0, 0.05) is 24.7 Å². The topological polar surface area (TPSA) is 29.3 Å². The number of nitrogens with two attached hydrogens (primary N) is 1. The van der Waals surface area contributed by atoms with E-state index in [2.05, 4.69) is 32.6 Å². The molecule has 2 fully saturated rings. The molecule has 0 aromatic carbocycles. The molecule has 0 amide bonds. The Hall–Kier alpha value is -0.0800. The maximum Gasteiger partial charge on any atom is 0.0339 e. The Kier molecular flexibility index (Phi) is 4.38. The minimum atomic E-state index is 0.286. The summed E-state index contributed by atoms with van der Waals surface area (Å²) < 4.78 is 0. The first-order valence-electron chi connectivity index (χ1n) is 7.93. The van der Waals surface area contributed by atoms with Crippen LogP contribution in [-0.2, 0) is 0 Å². The highest BCUT2D eigenvalue weighted by Gasteiger charge is 2.44. The molecule has 2 nitrogen and oxygen atoms in total. The molecular weight excluding hydrogens is 220 g/mol. The van der Waals surface area contributed by atoms with Gasteiger partial charge in [0.2, 0.25) is 0 Å². The first-order valence-corrected chi connectivity index (χ1v) is 7.93. The third kappa shape index (κ3) is 3.08. The van der Waals surface area contributed by atoms with Gasteiger partial charge in [-0.15, -0.1) is 0 Å². The second-order valence-electron chi connectivity index (χ2n) is 7.47. The van der Waals surface area contributed by atoms with Crippen molar-refractivity contribution in [2.24, 2.45) is 23.5 Å². The Balaban J connectivity index is 2.15. The van der Waals surface area contributed by atoms with Crippen LogP contribution in [0.2, 0.25) is 0 Å². The van der Waals surface area contributed by atoms with Crippen molar-refractivity contribution in [1.29, 1.82) is 0 Å². The summed E-state index contributed by atoms with van der Waals surface area (Å²) in [6.45, 7) is 11.7. The first kappa shape index (κ1) is 14.3. The molecule has 2 rings (SSSR count). The van der Waals surface area contributed by atoms with Crippen LogP contribution in [0.3, 0.4) is 0 Å². The van der Waals surface area contributed by atoms with Crippen LogP contribution in [0.25, 0.3) is 0 Å². The van der Waals surface area contributed by atoms with Crippen molar-refractivity contribution < 1.29 is 0 Å². The smallest absolute Gasteiger partial charge is 0.0339 e. The minimum absolute atomic E-state index is 0.286. The van der Waals surface area contributed by atoms with Gasteiger partial charge >= 0.3 is 0 Å². The van der Waals surface area contributed by atoms with Crippen LogP contribution in [0, 0.1) is 17.8 Å². The molecule has 0 aromatic heterocycles. The van der Waals surface area contributed by atoms with Crippen LogP contribution >= 0.6 is 0 Å². The maximum atomic E-state index is 6.26. The zero-order valence-electron chi connectivity index (χ0n) is 12.8. The molecule has 0 aromatic rings. The molecule has 0 radical (unpaired) electrons. The van der Waals surface area contributed by atoms with E-state index in [4.69, 9.17) is 5.73 Å². The number of hydrogen-bond donors (Lipinski definition) is 1. The largest absolute Gasteiger partial charge is 0.329 e. The lowest BCUT2D eigenvalue weighted by atomic mass is 9.70. The lowest BCUT2D eigenvalue weighted by molar-refractivity contribution is -0.00534. The number of rotatable bonds is 5. The van der Waals surface area contributed by atoms with Crippen LogP contribution in [0.1, 0.15) is 59.8 Å². The second-order valence-corrected chi connectivity index (χ2v) is 7.47. The van der Waals surface area contributed by atoms with Crippen LogP contribution in [0.15, 0.2) is 0 Å². The Morgan fingerprint density at radius 2 is 1.72 bits per heavy atom. The van der Waals surface area contributed by atoms with Gasteiger partial charge < -0.3 is 5.73 Å². The van der Waals surface area contributed by atoms with Crippen LogP contribution in [0.4, 0.5) is 0 Å². The van der Waals surface area contributed by atoms with Gasteiger partial charge in [0.05, 0.1) is 0 Å². The average molecular weight is 252 g/mol. The van der Waals surface area contributed by atoms with E-state index in [1.165, 1.54) is 38.6 Å². The monoisotopic (exact) mass is 252 g/mol. The minimum Gasteiger partial charge on any atom is -0.329 e. The summed E-state index contributed by atoms with van der Waals surface area (Å²) in [6, 6.07) is 0.631. The summed E-state index contributed by atoms with van der Waals surface area (Å²) in [5.74, 6) is 2.62. The molecule has 0 bridgehead atoms. The fourth-order valence-electron chi connectivity index (χ4n) is 4.28. The van der Waals surface area contributed by atoms with E-state index >= 15 is 0 Å². The Morgan fingerprint density at radius 1 is 1.17 bits per heavy atom. The molecule has 2 unspecified atom stereocenters. The predicted octanol–water partition coefficient (Wildman–Crippen LogP) is 3.26. The quantitative estimate of drug-likeness (QED) is 0.814. The summed E-state index contributed by atoms with van der Waals surface area (Å²) >= 11 is 0. The molecule has 0 spiro atoms. The molecule has 0 saturated heterocycles. The van der Waals surface area contributed by atoms with Crippen molar-refractivity contribution in [3.8, 4) is 0 Å². The summed E-state index contributed by atoms with van der Waals surface area (Å²) in [5.41, 5.74) is 6.54. The van der Waals surface area contributed by atoms with Gasteiger partial charge in [-0.1, -0.05) is 13.8 Å². The van der Waals surface area contributed by atoms with Crippen molar-refractivity contribution in [3.63, 3.8) is 0 Å². The van der Waals surface area contributed by atoms with Crippen molar-refractivity contribution in [3.05, 3.63) is 0 Å². The first-order chi connectivity index (χ1) is 8.47. The van der Waals surface area contributed by atoms with Crippen molar-refractivity contribution in [1.82, 2.24) is 4.90 Å². The van der Waals surface area contributed by atoms with E-state index in [0.29, 0.717) is 6.04 Å². The summed E-state index contributed by atoms with van der Waals surface area (Å²) in [5, 5.41) is 0. The Bertz CT molecular complexity index is 260. The van der Waals surface area contributed by atoms with E-state index in [-0.39, 0.29) is 5.54 Å². The Labute approximate surface area is 113 Å². The lowest BCUT2D eigenvalue weighted by Crippen LogP contribution is -2.60. The van der Waals surface area contributed by atoms with Crippen LogP contribution in [0.5, 0.6) is 0 Å². The highest BCUT2D eigenvalue weighted by atomic mass is 15.2. The second kappa shape index (κ2) is 5.50. The zero-order valence-corrected chi connectivity index (χ0v) is 12.8. The van der Waals surface area contributed by atoms with E-state index in [1.807, 2.05) is 0 Å². The SMILES string of the molecule is CC1CC(C)CC(CN)(N(CC2CC2)C(C)C)C1. The molecule has 18 heavy (non-hydrogen) atoms. The van der Waals surface area contributed by atoms with Crippen molar-refractivity contribution in [2.45, 2.75) is 71.4 Å². The number of hydrogen-bond acceptors (Lipinski definition) is 2. The van der Waals surface area contributed by atoms with Gasteiger partial charge in [-0.25, -0.2) is 0 Å². The highest BCUT2D eigenvalue weighted by molar-refractivity contribution is 5.00. The van der Waals surface area contributed by atoms with Crippen molar-refractivity contribution >= 4 is 0 Å². The molecule has 2 aliphatic rings. The summed E-state index contributed by atoms with van der Waals surface area (Å²) in [7, 11) is 0. The van der Waals surface area contributed by atoms with Crippen LogP contribution in [-0.4, -0.2) is 29.6 Å². The van der Waals surface area contributed by atoms with Gasteiger partial charge in [0.25, 0.3) is 0 Å². The molecule has 2 atom stereocenters. The van der Waals surface area contributed by atoms with Crippen LogP contribution < -0.4 is 5.73 Å². The number of nitrogens with zero attached hydrogens (tertiary/aromatic N) is 1. The van der Waals surface area contributed by atoms with Gasteiger partial charge in [0.15, 0.2) is 0 Å². The molecule has 2 N–H and O–H groups in total. The summed E-state index contributed by atoms with van der Waals surface area (Å²) in [4.78, 5) is 2.76. The van der Waals surface area contributed by atoms with E-state index < -0.39 is 0 Å². The van der Waals surface area contributed by atoms with Gasteiger partial charge in [-0.2, -0.15) is 0 Å². The van der Waals surface area contributed by atoms with Gasteiger partial charge in [-0.05, 0) is 63.7 Å². The molecule has 2 heteroatoms. The Morgan fingerprint density at radius 3 is 2.11 bits per heavy atom. The molecule has 0 aliphatic heterocycles. The van der Waals surface area contributed by atoms with Gasteiger partial charge in [-0.3, -0.25) is 4.90 Å². The van der Waals surface area contributed by atoms with Crippen molar-refractivity contribution in [2.75, 3.05) is 13.1 Å². The van der Waals surface area contributed by atoms with E-state index in [9.17, 15) is 0 Å². The standard InChI is InChI=1S/C16H32N2/c1-12(2)18(10-15-5-6-15)16(11-17)8-13(3)7-14(4)9-16/h12-15H,5-11,17H2,1-4H3. The summed E-state index contributed by atoms with van der Waals surface area (Å²) in [6.07, 6.45) is 6.87. The molecule has 0 heterocycles.